The van der Waals surface area contributed by atoms with Gasteiger partial charge >= 0.3 is 0 Å². The van der Waals surface area contributed by atoms with Gasteiger partial charge in [-0.25, -0.2) is 4.39 Å². The van der Waals surface area contributed by atoms with Gasteiger partial charge in [0.2, 0.25) is 5.91 Å². The molecule has 3 nitrogen and oxygen atoms in total. The summed E-state index contributed by atoms with van der Waals surface area (Å²) in [7, 11) is 1.61. The van der Waals surface area contributed by atoms with Gasteiger partial charge in [0.15, 0.2) is 0 Å². The van der Waals surface area contributed by atoms with Crippen LogP contribution in [0.15, 0.2) is 40.9 Å². The van der Waals surface area contributed by atoms with Crippen molar-refractivity contribution in [3.63, 3.8) is 0 Å². The number of rotatable bonds is 4. The first-order valence-electron chi connectivity index (χ1n) is 7.68. The van der Waals surface area contributed by atoms with Crippen LogP contribution in [-0.2, 0) is 11.2 Å². The van der Waals surface area contributed by atoms with E-state index in [-0.39, 0.29) is 28.3 Å². The van der Waals surface area contributed by atoms with Crippen molar-refractivity contribution in [2.45, 2.75) is 11.8 Å². The van der Waals surface area contributed by atoms with E-state index in [9.17, 15) is 9.18 Å². The van der Waals surface area contributed by atoms with Crippen LogP contribution in [0.3, 0.4) is 0 Å². The summed E-state index contributed by atoms with van der Waals surface area (Å²) >= 11 is 11.2. The monoisotopic (exact) mass is 443 g/mol. The predicted octanol–water partition coefficient (Wildman–Crippen LogP) is 5.07. The molecule has 1 atom stereocenters. The molecular formula is C18H16BrClFNO2S. The van der Waals surface area contributed by atoms with Gasteiger partial charge in [0.25, 0.3) is 0 Å². The fourth-order valence-corrected chi connectivity index (χ4v) is 4.74. The molecule has 1 aliphatic rings. The maximum absolute atomic E-state index is 14.0. The highest BCUT2D eigenvalue weighted by atomic mass is 79.9. The van der Waals surface area contributed by atoms with E-state index < -0.39 is 5.82 Å². The smallest absolute Gasteiger partial charge is 0.228 e. The molecule has 3 rings (SSSR count). The van der Waals surface area contributed by atoms with Crippen molar-refractivity contribution in [3.05, 3.63) is 62.8 Å². The lowest BCUT2D eigenvalue weighted by Gasteiger charge is -2.26. The number of thioether (sulfide) groups is 1. The molecule has 0 spiro atoms. The van der Waals surface area contributed by atoms with Crippen molar-refractivity contribution in [2.24, 2.45) is 0 Å². The van der Waals surface area contributed by atoms with E-state index in [2.05, 4.69) is 15.9 Å². The summed E-state index contributed by atoms with van der Waals surface area (Å²) in [6, 6.07) is 10.2. The second-order valence-corrected chi connectivity index (χ2v) is 8.08. The van der Waals surface area contributed by atoms with E-state index in [4.69, 9.17) is 16.3 Å². The van der Waals surface area contributed by atoms with Crippen molar-refractivity contribution in [1.82, 2.24) is 4.90 Å². The van der Waals surface area contributed by atoms with E-state index in [1.54, 1.807) is 29.8 Å². The van der Waals surface area contributed by atoms with Crippen molar-refractivity contribution in [1.29, 1.82) is 0 Å². The third-order valence-corrected chi connectivity index (χ3v) is 6.15. The molecule has 25 heavy (non-hydrogen) atoms. The molecule has 1 saturated heterocycles. The lowest BCUT2D eigenvalue weighted by atomic mass is 10.1. The van der Waals surface area contributed by atoms with Crippen molar-refractivity contribution in [3.8, 4) is 5.75 Å². The zero-order chi connectivity index (χ0) is 18.0. The number of carbonyl (C=O) groups is 1. The standard InChI is InChI=1S/C18H16BrClFNO2S/c1-24-16-6-5-11(19)9-13(16)18-22(7-8-25-18)17(23)10-12-14(20)3-2-4-15(12)21/h2-6,9,18H,7-8,10H2,1H3. The normalized spacial score (nSPS) is 17.0. The Kier molecular flexibility index (Phi) is 5.92. The Morgan fingerprint density at radius 2 is 2.24 bits per heavy atom. The first-order valence-corrected chi connectivity index (χ1v) is 9.90. The minimum absolute atomic E-state index is 0.0567. The lowest BCUT2D eigenvalue weighted by molar-refractivity contribution is -0.130. The first-order chi connectivity index (χ1) is 12.0. The maximum atomic E-state index is 14.0. The van der Waals surface area contributed by atoms with Crippen LogP contribution in [0.1, 0.15) is 16.5 Å². The summed E-state index contributed by atoms with van der Waals surface area (Å²) in [5.74, 6) is 0.939. The van der Waals surface area contributed by atoms with Crippen LogP contribution < -0.4 is 4.74 Å². The Morgan fingerprint density at radius 1 is 1.44 bits per heavy atom. The van der Waals surface area contributed by atoms with Crippen LogP contribution in [0.4, 0.5) is 4.39 Å². The summed E-state index contributed by atoms with van der Waals surface area (Å²) in [6.07, 6.45) is -0.0567. The number of hydrogen-bond acceptors (Lipinski definition) is 3. The Labute approximate surface area is 163 Å². The van der Waals surface area contributed by atoms with Gasteiger partial charge in [-0.1, -0.05) is 33.6 Å². The molecule has 1 unspecified atom stereocenters. The maximum Gasteiger partial charge on any atom is 0.228 e. The van der Waals surface area contributed by atoms with E-state index >= 15 is 0 Å². The Balaban J connectivity index is 1.87. The summed E-state index contributed by atoms with van der Waals surface area (Å²) in [5, 5.41) is 0.113. The van der Waals surface area contributed by atoms with Crippen LogP contribution >= 0.6 is 39.3 Å². The van der Waals surface area contributed by atoms with Gasteiger partial charge < -0.3 is 9.64 Å². The van der Waals surface area contributed by atoms with E-state index in [0.29, 0.717) is 6.54 Å². The van der Waals surface area contributed by atoms with E-state index in [0.717, 1.165) is 21.5 Å². The lowest BCUT2D eigenvalue weighted by Crippen LogP contribution is -2.32. The highest BCUT2D eigenvalue weighted by Crippen LogP contribution is 2.43. The number of carbonyl (C=O) groups excluding carboxylic acids is 1. The molecule has 0 bridgehead atoms. The average molecular weight is 445 g/mol. The van der Waals surface area contributed by atoms with Crippen LogP contribution in [0.2, 0.25) is 5.02 Å². The quantitative estimate of drug-likeness (QED) is 0.659. The molecule has 1 fully saturated rings. The largest absolute Gasteiger partial charge is 0.496 e. The van der Waals surface area contributed by atoms with Crippen LogP contribution in [0.5, 0.6) is 5.75 Å². The topological polar surface area (TPSA) is 29.5 Å². The molecule has 7 heteroatoms. The molecular weight excluding hydrogens is 429 g/mol. The second-order valence-electron chi connectivity index (χ2n) is 5.57. The highest BCUT2D eigenvalue weighted by molar-refractivity contribution is 9.10. The van der Waals surface area contributed by atoms with Gasteiger partial charge in [0, 0.05) is 32.9 Å². The average Bonchev–Trinajstić information content (AvgIpc) is 3.07. The molecule has 2 aromatic carbocycles. The fourth-order valence-electron chi connectivity index (χ4n) is 2.84. The fraction of sp³-hybridized carbons (Fsp3) is 0.278. The van der Waals surface area contributed by atoms with Crippen molar-refractivity contribution < 1.29 is 13.9 Å². The highest BCUT2D eigenvalue weighted by Gasteiger charge is 2.33. The molecule has 1 amide bonds. The molecule has 0 N–H and O–H groups in total. The van der Waals surface area contributed by atoms with Crippen LogP contribution in [0, 0.1) is 5.82 Å². The van der Waals surface area contributed by atoms with Crippen molar-refractivity contribution in [2.75, 3.05) is 19.4 Å². The Morgan fingerprint density at radius 3 is 2.96 bits per heavy atom. The number of hydrogen-bond donors (Lipinski definition) is 0. The number of halogens is 3. The summed E-state index contributed by atoms with van der Waals surface area (Å²) in [4.78, 5) is 14.6. The predicted molar refractivity (Wildman–Crippen MR) is 103 cm³/mol. The minimum Gasteiger partial charge on any atom is -0.496 e. The van der Waals surface area contributed by atoms with Gasteiger partial charge in [-0.05, 0) is 30.3 Å². The summed E-state index contributed by atoms with van der Waals surface area (Å²) < 4.78 is 20.4. The Bertz CT molecular complexity index is 784. The molecule has 0 aliphatic carbocycles. The molecule has 1 heterocycles. The molecule has 1 aliphatic heterocycles. The van der Waals surface area contributed by atoms with E-state index in [1.165, 1.54) is 12.1 Å². The van der Waals surface area contributed by atoms with Gasteiger partial charge in [0.05, 0.1) is 13.5 Å². The van der Waals surface area contributed by atoms with Gasteiger partial charge in [-0.2, -0.15) is 0 Å². The number of benzene rings is 2. The molecule has 2 aromatic rings. The zero-order valence-corrected chi connectivity index (χ0v) is 16.6. The number of amides is 1. The zero-order valence-electron chi connectivity index (χ0n) is 13.5. The van der Waals surface area contributed by atoms with Crippen LogP contribution in [-0.4, -0.2) is 30.2 Å². The summed E-state index contributed by atoms with van der Waals surface area (Å²) in [6.45, 7) is 0.607. The number of nitrogens with zero attached hydrogens (tertiary/aromatic N) is 1. The number of ether oxygens (including phenoxy) is 1. The Hall–Kier alpha value is -1.24. The summed E-state index contributed by atoms with van der Waals surface area (Å²) in [5.41, 5.74) is 1.17. The third kappa shape index (κ3) is 3.96. The SMILES string of the molecule is COc1ccc(Br)cc1C1SCCN1C(=O)Cc1c(F)cccc1Cl. The molecule has 0 radical (unpaired) electrons. The van der Waals surface area contributed by atoms with Gasteiger partial charge in [-0.15, -0.1) is 11.8 Å². The number of methoxy groups -OCH3 is 1. The van der Waals surface area contributed by atoms with Gasteiger partial charge in [0.1, 0.15) is 16.9 Å². The minimum atomic E-state index is -0.454. The van der Waals surface area contributed by atoms with Crippen molar-refractivity contribution >= 4 is 45.2 Å². The third-order valence-electron chi connectivity index (χ3n) is 4.06. The second kappa shape index (κ2) is 7.98. The van der Waals surface area contributed by atoms with Crippen LogP contribution in [0.25, 0.3) is 0 Å². The van der Waals surface area contributed by atoms with E-state index in [1.807, 2.05) is 18.2 Å². The molecule has 0 aromatic heterocycles. The molecule has 0 saturated carbocycles. The molecule has 132 valence electrons. The van der Waals surface area contributed by atoms with Gasteiger partial charge in [-0.3, -0.25) is 4.79 Å². The first kappa shape index (κ1) is 18.5.